The monoisotopic (exact) mass is 400 g/mol. The summed E-state index contributed by atoms with van der Waals surface area (Å²) in [6.07, 6.45) is 1.38. The van der Waals surface area contributed by atoms with Crippen LogP contribution in [0.2, 0.25) is 0 Å². The average Bonchev–Trinajstić information content (AvgIpc) is 2.95. The summed E-state index contributed by atoms with van der Waals surface area (Å²) in [5.41, 5.74) is 1.15. The molecule has 144 valence electrons. The van der Waals surface area contributed by atoms with E-state index in [4.69, 9.17) is 4.74 Å². The molecule has 3 rings (SSSR count). The van der Waals surface area contributed by atoms with Crippen molar-refractivity contribution in [2.45, 2.75) is 0 Å². The van der Waals surface area contributed by atoms with Gasteiger partial charge in [0.15, 0.2) is 6.73 Å². The summed E-state index contributed by atoms with van der Waals surface area (Å²) in [5.74, 6) is -2.06. The van der Waals surface area contributed by atoms with Gasteiger partial charge < -0.3 is 4.74 Å². The van der Waals surface area contributed by atoms with Gasteiger partial charge in [0, 0.05) is 5.41 Å². The number of benzene rings is 2. The van der Waals surface area contributed by atoms with Gasteiger partial charge in [0.1, 0.15) is 6.54 Å². The topological polar surface area (TPSA) is 110 Å². The van der Waals surface area contributed by atoms with Crippen LogP contribution >= 0.6 is 0 Å². The number of esters is 1. The highest BCUT2D eigenvalue weighted by Gasteiger charge is 2.35. The smallest absolute Gasteiger partial charge is 0.322 e. The van der Waals surface area contributed by atoms with Crippen molar-refractivity contribution in [3.8, 4) is 0 Å². The summed E-state index contributed by atoms with van der Waals surface area (Å²) in [5, 5.41) is 0.930. The molecule has 8 nitrogen and oxygen atoms in total. The van der Waals surface area contributed by atoms with Crippen LogP contribution in [0.1, 0.15) is 26.3 Å². The number of hydrogen-bond acceptors (Lipinski definition) is 6. The number of nitrogens with one attached hydrogen (secondary N) is 1. The van der Waals surface area contributed by atoms with E-state index in [2.05, 4.69) is 4.72 Å². The largest absolute Gasteiger partial charge is 0.443 e. The Morgan fingerprint density at radius 3 is 2.14 bits per heavy atom. The van der Waals surface area contributed by atoms with Crippen molar-refractivity contribution in [3.63, 3.8) is 0 Å². The van der Waals surface area contributed by atoms with Gasteiger partial charge in [0.2, 0.25) is 10.0 Å². The molecular formula is C19H16N2O6S. The Bertz CT molecular complexity index is 1010. The summed E-state index contributed by atoms with van der Waals surface area (Å²) in [4.78, 5) is 36.9. The lowest BCUT2D eigenvalue weighted by atomic mass is 10.1. The Balaban J connectivity index is 1.51. The standard InChI is InChI=1S/C19H16N2O6S/c22-17(12-20-28(25,26)11-10-14-6-2-1-3-7-14)27-13-21-18(23)15-8-4-5-9-16(15)19(21)24/h1-11,20H,12-13H2/b11-10+. The third-order valence-corrected chi connectivity index (χ3v) is 4.93. The van der Waals surface area contributed by atoms with Crippen LogP contribution in [-0.2, 0) is 19.6 Å². The molecule has 0 saturated heterocycles. The SMILES string of the molecule is O=C(CNS(=O)(=O)/C=C/c1ccccc1)OCN1C(=O)c2ccccc2C1=O. The van der Waals surface area contributed by atoms with E-state index in [1.165, 1.54) is 18.2 Å². The molecule has 0 saturated carbocycles. The zero-order valence-electron chi connectivity index (χ0n) is 14.6. The molecular weight excluding hydrogens is 384 g/mol. The molecule has 0 bridgehead atoms. The first-order valence-corrected chi connectivity index (χ1v) is 9.76. The molecule has 0 unspecified atom stereocenters. The molecule has 1 heterocycles. The van der Waals surface area contributed by atoms with Gasteiger partial charge in [0.05, 0.1) is 11.1 Å². The Hall–Kier alpha value is -3.30. The van der Waals surface area contributed by atoms with E-state index in [0.29, 0.717) is 5.56 Å². The number of ether oxygens (including phenoxy) is 1. The van der Waals surface area contributed by atoms with Crippen molar-refractivity contribution in [1.29, 1.82) is 0 Å². The number of carbonyl (C=O) groups is 3. The normalized spacial score (nSPS) is 13.8. The second-order valence-electron chi connectivity index (χ2n) is 5.81. The Labute approximate surface area is 161 Å². The number of nitrogens with zero attached hydrogens (tertiary/aromatic N) is 1. The summed E-state index contributed by atoms with van der Waals surface area (Å²) in [6.45, 7) is -1.22. The third-order valence-electron chi connectivity index (χ3n) is 3.89. The molecule has 28 heavy (non-hydrogen) atoms. The molecule has 2 aromatic rings. The van der Waals surface area contributed by atoms with Gasteiger partial charge in [-0.3, -0.25) is 14.4 Å². The van der Waals surface area contributed by atoms with E-state index in [0.717, 1.165) is 10.3 Å². The Morgan fingerprint density at radius 2 is 1.54 bits per heavy atom. The van der Waals surface area contributed by atoms with Crippen LogP contribution in [0, 0.1) is 0 Å². The fourth-order valence-electron chi connectivity index (χ4n) is 2.48. The number of fused-ring (bicyclic) bond motifs is 1. The van der Waals surface area contributed by atoms with Crippen LogP contribution in [0.3, 0.4) is 0 Å². The highest BCUT2D eigenvalue weighted by Crippen LogP contribution is 2.22. The summed E-state index contributed by atoms with van der Waals surface area (Å²) < 4.78 is 30.7. The molecule has 1 aliphatic rings. The first-order valence-electron chi connectivity index (χ1n) is 8.21. The van der Waals surface area contributed by atoms with Crippen molar-refractivity contribution in [3.05, 3.63) is 76.7 Å². The van der Waals surface area contributed by atoms with E-state index in [1.54, 1.807) is 42.5 Å². The van der Waals surface area contributed by atoms with Crippen LogP contribution in [-0.4, -0.2) is 44.4 Å². The van der Waals surface area contributed by atoms with Gasteiger partial charge in [-0.25, -0.2) is 18.0 Å². The average molecular weight is 400 g/mol. The molecule has 2 amide bonds. The molecule has 1 aliphatic heterocycles. The van der Waals surface area contributed by atoms with Crippen molar-refractivity contribution >= 4 is 33.9 Å². The maximum atomic E-state index is 12.1. The van der Waals surface area contributed by atoms with Gasteiger partial charge in [-0.1, -0.05) is 42.5 Å². The molecule has 0 fully saturated rings. The maximum Gasteiger partial charge on any atom is 0.322 e. The fourth-order valence-corrected chi connectivity index (χ4v) is 3.24. The molecule has 2 aromatic carbocycles. The third kappa shape index (κ3) is 4.51. The number of carbonyl (C=O) groups excluding carboxylic acids is 3. The zero-order valence-corrected chi connectivity index (χ0v) is 15.4. The van der Waals surface area contributed by atoms with Crippen LogP contribution in [0.5, 0.6) is 0 Å². The van der Waals surface area contributed by atoms with E-state index in [-0.39, 0.29) is 11.1 Å². The van der Waals surface area contributed by atoms with Gasteiger partial charge in [-0.2, -0.15) is 0 Å². The van der Waals surface area contributed by atoms with Gasteiger partial charge in [-0.05, 0) is 23.8 Å². The second-order valence-corrected chi connectivity index (χ2v) is 7.46. The Morgan fingerprint density at radius 1 is 0.964 bits per heavy atom. The molecule has 0 aromatic heterocycles. The maximum absolute atomic E-state index is 12.1. The minimum Gasteiger partial charge on any atom is -0.443 e. The van der Waals surface area contributed by atoms with Crippen molar-refractivity contribution in [2.75, 3.05) is 13.3 Å². The highest BCUT2D eigenvalue weighted by molar-refractivity contribution is 7.92. The number of amides is 2. The lowest BCUT2D eigenvalue weighted by Crippen LogP contribution is -2.36. The minimum atomic E-state index is -3.86. The van der Waals surface area contributed by atoms with Crippen LogP contribution in [0.15, 0.2) is 60.0 Å². The summed E-state index contributed by atoms with van der Waals surface area (Å²) in [6, 6.07) is 15.0. The van der Waals surface area contributed by atoms with Gasteiger partial charge >= 0.3 is 5.97 Å². The van der Waals surface area contributed by atoms with E-state index in [1.807, 2.05) is 0 Å². The molecule has 0 radical (unpaired) electrons. The van der Waals surface area contributed by atoms with Crippen molar-refractivity contribution < 1.29 is 27.5 Å². The van der Waals surface area contributed by atoms with Crippen molar-refractivity contribution in [1.82, 2.24) is 9.62 Å². The predicted molar refractivity (Wildman–Crippen MR) is 100 cm³/mol. The minimum absolute atomic E-state index is 0.232. The highest BCUT2D eigenvalue weighted by atomic mass is 32.2. The van der Waals surface area contributed by atoms with E-state index < -0.39 is 41.1 Å². The summed E-state index contributed by atoms with van der Waals surface area (Å²) in [7, 11) is -3.86. The molecule has 0 spiro atoms. The second kappa shape index (κ2) is 8.15. The lowest BCUT2D eigenvalue weighted by molar-refractivity contribution is -0.144. The first kappa shape index (κ1) is 19.5. The fraction of sp³-hybridized carbons (Fsp3) is 0.105. The zero-order chi connectivity index (χ0) is 20.1. The van der Waals surface area contributed by atoms with E-state index >= 15 is 0 Å². The molecule has 0 atom stereocenters. The quantitative estimate of drug-likeness (QED) is 0.555. The lowest BCUT2D eigenvalue weighted by Gasteiger charge is -2.13. The number of sulfonamides is 1. The van der Waals surface area contributed by atoms with Crippen LogP contribution < -0.4 is 4.72 Å². The Kier molecular flexibility index (Phi) is 5.67. The first-order chi connectivity index (χ1) is 13.4. The molecule has 0 aliphatic carbocycles. The van der Waals surface area contributed by atoms with Gasteiger partial charge in [-0.15, -0.1) is 0 Å². The molecule has 9 heteroatoms. The van der Waals surface area contributed by atoms with Crippen molar-refractivity contribution in [2.24, 2.45) is 0 Å². The van der Waals surface area contributed by atoms with Gasteiger partial charge in [0.25, 0.3) is 11.8 Å². The number of rotatable bonds is 7. The predicted octanol–water partition coefficient (Wildman–Crippen LogP) is 1.37. The number of imide groups is 1. The summed E-state index contributed by atoms with van der Waals surface area (Å²) >= 11 is 0. The molecule has 1 N–H and O–H groups in total. The van der Waals surface area contributed by atoms with Crippen LogP contribution in [0.25, 0.3) is 6.08 Å². The van der Waals surface area contributed by atoms with E-state index in [9.17, 15) is 22.8 Å². The van der Waals surface area contributed by atoms with Crippen LogP contribution in [0.4, 0.5) is 0 Å². The number of hydrogen-bond donors (Lipinski definition) is 1.